The van der Waals surface area contributed by atoms with Crippen molar-refractivity contribution >= 4 is 23.2 Å². The van der Waals surface area contributed by atoms with Gasteiger partial charge in [0, 0.05) is 31.1 Å². The molecule has 3 rings (SSSR count). The van der Waals surface area contributed by atoms with Gasteiger partial charge in [0.1, 0.15) is 16.4 Å². The summed E-state index contributed by atoms with van der Waals surface area (Å²) in [5, 5.41) is 0. The van der Waals surface area contributed by atoms with E-state index in [0.29, 0.717) is 48.3 Å². The van der Waals surface area contributed by atoms with E-state index in [1.54, 1.807) is 29.0 Å². The molecule has 2 aromatic rings. The molecule has 0 N–H and O–H groups in total. The van der Waals surface area contributed by atoms with E-state index in [1.807, 2.05) is 19.9 Å². The fourth-order valence-corrected chi connectivity index (χ4v) is 3.70. The van der Waals surface area contributed by atoms with Crippen molar-refractivity contribution in [1.29, 1.82) is 0 Å². The molecule has 1 fully saturated rings. The third kappa shape index (κ3) is 3.17. The Hall–Kier alpha value is -2.28. The second-order valence-corrected chi connectivity index (χ2v) is 7.01. The largest absolute Gasteiger partial charge is 0.495 e. The highest BCUT2D eigenvalue weighted by Gasteiger charge is 2.28. The first kappa shape index (κ1) is 16.6. The number of amides is 2. The van der Waals surface area contributed by atoms with Gasteiger partial charge in [-0.2, -0.15) is 0 Å². The van der Waals surface area contributed by atoms with Gasteiger partial charge in [-0.3, -0.25) is 9.59 Å². The molecule has 0 spiro atoms. The highest BCUT2D eigenvalue weighted by molar-refractivity contribution is 7.14. The van der Waals surface area contributed by atoms with Crippen molar-refractivity contribution < 1.29 is 18.7 Å². The molecule has 1 aliphatic heterocycles. The number of thiophene rings is 1. The summed E-state index contributed by atoms with van der Waals surface area (Å²) in [6.45, 7) is 5.76. The Bertz CT molecular complexity index is 756. The third-order valence-electron chi connectivity index (χ3n) is 4.04. The number of rotatable bonds is 3. The lowest BCUT2D eigenvalue weighted by molar-refractivity contribution is 0.0518. The van der Waals surface area contributed by atoms with Crippen LogP contribution in [0, 0.1) is 13.8 Å². The van der Waals surface area contributed by atoms with Gasteiger partial charge >= 0.3 is 0 Å². The van der Waals surface area contributed by atoms with Crippen LogP contribution in [-0.2, 0) is 0 Å². The van der Waals surface area contributed by atoms with Crippen molar-refractivity contribution in [3.05, 3.63) is 39.5 Å². The zero-order valence-electron chi connectivity index (χ0n) is 14.0. The predicted molar refractivity (Wildman–Crippen MR) is 90.9 cm³/mol. The number of ether oxygens (including phenoxy) is 1. The zero-order chi connectivity index (χ0) is 17.3. The first-order valence-electron chi connectivity index (χ1n) is 7.79. The molecular formula is C17H20N2O4S. The highest BCUT2D eigenvalue weighted by Crippen LogP contribution is 2.30. The number of nitrogens with zero attached hydrogens (tertiary/aromatic N) is 2. The molecule has 0 unspecified atom stereocenters. The minimum Gasteiger partial charge on any atom is -0.495 e. The monoisotopic (exact) mass is 348 g/mol. The normalized spacial score (nSPS) is 14.8. The Morgan fingerprint density at radius 2 is 1.71 bits per heavy atom. The molecule has 2 aromatic heterocycles. The average molecular weight is 348 g/mol. The van der Waals surface area contributed by atoms with Gasteiger partial charge in [0.25, 0.3) is 11.8 Å². The number of carbonyl (C=O) groups is 2. The molecule has 128 valence electrons. The number of aryl methyl sites for hydroxylation is 2. The Kier molecular flexibility index (Phi) is 4.62. The van der Waals surface area contributed by atoms with Crippen LogP contribution in [0.15, 0.2) is 22.6 Å². The number of furan rings is 1. The van der Waals surface area contributed by atoms with Gasteiger partial charge in [0.05, 0.1) is 7.11 Å². The van der Waals surface area contributed by atoms with Crippen molar-refractivity contribution in [3.63, 3.8) is 0 Å². The van der Waals surface area contributed by atoms with Crippen LogP contribution in [0.5, 0.6) is 5.75 Å². The maximum Gasteiger partial charge on any atom is 0.289 e. The van der Waals surface area contributed by atoms with Crippen LogP contribution in [-0.4, -0.2) is 54.9 Å². The second kappa shape index (κ2) is 6.68. The van der Waals surface area contributed by atoms with E-state index in [4.69, 9.17) is 9.15 Å². The van der Waals surface area contributed by atoms with E-state index in [2.05, 4.69) is 0 Å². The van der Waals surface area contributed by atoms with Gasteiger partial charge < -0.3 is 19.0 Å². The van der Waals surface area contributed by atoms with Crippen molar-refractivity contribution in [2.45, 2.75) is 13.8 Å². The van der Waals surface area contributed by atoms with Crippen molar-refractivity contribution in [1.82, 2.24) is 9.80 Å². The standard InChI is InChI=1S/C17H20N2O4S/c1-11-4-5-13(23-11)16(20)18-6-8-19(9-7-18)17(21)15-14(22-3)10-12(2)24-15/h4-5,10H,6-9H2,1-3H3. The predicted octanol–water partition coefficient (Wildman–Crippen LogP) is 2.56. The molecule has 0 saturated carbocycles. The molecule has 0 bridgehead atoms. The molecule has 1 saturated heterocycles. The van der Waals surface area contributed by atoms with E-state index in [9.17, 15) is 9.59 Å². The maximum absolute atomic E-state index is 12.7. The van der Waals surface area contributed by atoms with Crippen molar-refractivity contribution in [2.24, 2.45) is 0 Å². The Labute approximate surface area is 144 Å². The molecule has 0 atom stereocenters. The lowest BCUT2D eigenvalue weighted by atomic mass is 10.2. The maximum atomic E-state index is 12.7. The van der Waals surface area contributed by atoms with E-state index in [-0.39, 0.29) is 11.8 Å². The summed E-state index contributed by atoms with van der Waals surface area (Å²) in [6.07, 6.45) is 0. The van der Waals surface area contributed by atoms with Crippen LogP contribution in [0.3, 0.4) is 0 Å². The Morgan fingerprint density at radius 1 is 1.08 bits per heavy atom. The fourth-order valence-electron chi connectivity index (χ4n) is 2.75. The molecule has 3 heterocycles. The van der Waals surface area contributed by atoms with Crippen molar-refractivity contribution in [3.8, 4) is 5.75 Å². The molecule has 7 heteroatoms. The zero-order valence-corrected chi connectivity index (χ0v) is 14.8. The molecule has 0 radical (unpaired) electrons. The summed E-state index contributed by atoms with van der Waals surface area (Å²) in [5.41, 5.74) is 0. The molecule has 0 aromatic carbocycles. The summed E-state index contributed by atoms with van der Waals surface area (Å²) < 4.78 is 10.7. The topological polar surface area (TPSA) is 63.0 Å². The number of hydrogen-bond donors (Lipinski definition) is 0. The van der Waals surface area contributed by atoms with Crippen LogP contribution in [0.2, 0.25) is 0 Å². The SMILES string of the molecule is COc1cc(C)sc1C(=O)N1CCN(C(=O)c2ccc(C)o2)CC1. The van der Waals surface area contributed by atoms with Gasteiger partial charge in [0.2, 0.25) is 0 Å². The Balaban J connectivity index is 1.64. The molecule has 0 aliphatic carbocycles. The number of piperazine rings is 1. The van der Waals surface area contributed by atoms with Gasteiger partial charge in [0.15, 0.2) is 5.76 Å². The quantitative estimate of drug-likeness (QED) is 0.855. The smallest absolute Gasteiger partial charge is 0.289 e. The van der Waals surface area contributed by atoms with Crippen LogP contribution in [0.1, 0.15) is 30.9 Å². The van der Waals surface area contributed by atoms with Gasteiger partial charge in [-0.15, -0.1) is 11.3 Å². The first-order chi connectivity index (χ1) is 11.5. The lowest BCUT2D eigenvalue weighted by Gasteiger charge is -2.34. The highest BCUT2D eigenvalue weighted by atomic mass is 32.1. The van der Waals surface area contributed by atoms with Gasteiger partial charge in [-0.1, -0.05) is 0 Å². The minimum absolute atomic E-state index is 0.0362. The van der Waals surface area contributed by atoms with Crippen LogP contribution >= 0.6 is 11.3 Å². The minimum atomic E-state index is -0.125. The molecule has 24 heavy (non-hydrogen) atoms. The molecule has 1 aliphatic rings. The molecular weight excluding hydrogens is 328 g/mol. The van der Waals surface area contributed by atoms with Gasteiger partial charge in [-0.05, 0) is 32.0 Å². The summed E-state index contributed by atoms with van der Waals surface area (Å²) >= 11 is 1.44. The van der Waals surface area contributed by atoms with E-state index in [1.165, 1.54) is 11.3 Å². The first-order valence-corrected chi connectivity index (χ1v) is 8.60. The fraction of sp³-hybridized carbons (Fsp3) is 0.412. The lowest BCUT2D eigenvalue weighted by Crippen LogP contribution is -2.50. The third-order valence-corrected chi connectivity index (χ3v) is 5.06. The summed E-state index contributed by atoms with van der Waals surface area (Å²) in [4.78, 5) is 30.2. The Morgan fingerprint density at radius 3 is 2.25 bits per heavy atom. The van der Waals surface area contributed by atoms with E-state index >= 15 is 0 Å². The van der Waals surface area contributed by atoms with Crippen LogP contribution in [0.25, 0.3) is 0 Å². The number of carbonyl (C=O) groups excluding carboxylic acids is 2. The van der Waals surface area contributed by atoms with Gasteiger partial charge in [-0.25, -0.2) is 0 Å². The van der Waals surface area contributed by atoms with Crippen molar-refractivity contribution in [2.75, 3.05) is 33.3 Å². The number of methoxy groups -OCH3 is 1. The summed E-state index contributed by atoms with van der Waals surface area (Å²) in [6, 6.07) is 5.34. The summed E-state index contributed by atoms with van der Waals surface area (Å²) in [7, 11) is 1.57. The van der Waals surface area contributed by atoms with Crippen LogP contribution in [0.4, 0.5) is 0 Å². The van der Waals surface area contributed by atoms with E-state index in [0.717, 1.165) is 4.88 Å². The molecule has 2 amide bonds. The second-order valence-electron chi connectivity index (χ2n) is 5.75. The van der Waals surface area contributed by atoms with E-state index < -0.39 is 0 Å². The molecule has 6 nitrogen and oxygen atoms in total. The summed E-state index contributed by atoms with van der Waals surface area (Å²) in [5.74, 6) is 1.52. The average Bonchev–Trinajstić information content (AvgIpc) is 3.19. The van der Waals surface area contributed by atoms with Crippen LogP contribution < -0.4 is 4.74 Å². The number of hydrogen-bond acceptors (Lipinski definition) is 5.